The number of aromatic nitrogens is 1. The lowest BCUT2D eigenvalue weighted by molar-refractivity contribution is -0.117. The molecule has 0 radical (unpaired) electrons. The minimum atomic E-state index is -0.663. The lowest BCUT2D eigenvalue weighted by Gasteiger charge is -2.44. The summed E-state index contributed by atoms with van der Waals surface area (Å²) in [7, 11) is 3.78. The Morgan fingerprint density at radius 2 is 1.78 bits per heavy atom. The number of rotatable bonds is 8. The van der Waals surface area contributed by atoms with E-state index in [9.17, 15) is 18.8 Å². The summed E-state index contributed by atoms with van der Waals surface area (Å²) in [5.41, 5.74) is 2.47. The lowest BCUT2D eigenvalue weighted by atomic mass is 10.0. The predicted molar refractivity (Wildman–Crippen MR) is 141 cm³/mol. The number of Topliss-reactive ketones (excluding diaryl/α,β-unsaturated/α-hetero) is 1. The summed E-state index contributed by atoms with van der Waals surface area (Å²) in [5.74, 6) is -1.66. The van der Waals surface area contributed by atoms with Crippen molar-refractivity contribution in [1.82, 2.24) is 25.0 Å². The van der Waals surface area contributed by atoms with Crippen LogP contribution in [-0.2, 0) is 11.3 Å². The average Bonchev–Trinajstić information content (AvgIpc) is 3.29. The van der Waals surface area contributed by atoms with Crippen LogP contribution in [0, 0.1) is 5.82 Å². The van der Waals surface area contributed by atoms with Crippen LogP contribution in [0.15, 0.2) is 48.7 Å². The largest absolute Gasteiger partial charge is 0.360 e. The number of piperazine rings is 1. The standard InChI is InChI=1S/C28H34FN5O3/c1-18-16-34(19(2)15-33(18)17-20-5-8-22(29)9-6-20)28(37)24-14-31-25-10-7-21(13-23(24)25)26(35)27(36)30-11-12-32(3)4/h5-10,13-14,18-19,31H,11-12,15-17H2,1-4H3,(H,30,36). The van der Waals surface area contributed by atoms with E-state index in [1.54, 1.807) is 36.5 Å². The Kier molecular flexibility index (Phi) is 8.04. The van der Waals surface area contributed by atoms with Crippen LogP contribution in [0.5, 0.6) is 0 Å². The van der Waals surface area contributed by atoms with Crippen LogP contribution in [0.2, 0.25) is 0 Å². The molecular formula is C28H34FN5O3. The van der Waals surface area contributed by atoms with Crippen molar-refractivity contribution < 1.29 is 18.8 Å². The molecule has 1 aliphatic rings. The highest BCUT2D eigenvalue weighted by Gasteiger charge is 2.33. The highest BCUT2D eigenvalue weighted by atomic mass is 19.1. The van der Waals surface area contributed by atoms with Crippen LogP contribution < -0.4 is 5.32 Å². The molecule has 0 bridgehead atoms. The number of carbonyl (C=O) groups excluding carboxylic acids is 3. The summed E-state index contributed by atoms with van der Waals surface area (Å²) in [6.07, 6.45) is 1.67. The van der Waals surface area contributed by atoms with E-state index >= 15 is 0 Å². The molecule has 2 amide bonds. The van der Waals surface area contributed by atoms with E-state index in [-0.39, 0.29) is 29.4 Å². The summed E-state index contributed by atoms with van der Waals surface area (Å²) >= 11 is 0. The molecule has 2 aromatic carbocycles. The van der Waals surface area contributed by atoms with Gasteiger partial charge < -0.3 is 20.1 Å². The van der Waals surface area contributed by atoms with Crippen molar-refractivity contribution >= 4 is 28.5 Å². The molecule has 0 spiro atoms. The molecule has 2 N–H and O–H groups in total. The summed E-state index contributed by atoms with van der Waals surface area (Å²) in [6, 6.07) is 11.5. The SMILES string of the molecule is CC1CN(C(=O)c2c[nH]c3ccc(C(=O)C(=O)NCCN(C)C)cc23)C(C)CN1Cc1ccc(F)cc1. The van der Waals surface area contributed by atoms with Gasteiger partial charge in [0, 0.05) is 67.5 Å². The highest BCUT2D eigenvalue weighted by Crippen LogP contribution is 2.25. The van der Waals surface area contributed by atoms with E-state index in [2.05, 4.69) is 22.1 Å². The fourth-order valence-electron chi connectivity index (χ4n) is 4.72. The lowest BCUT2D eigenvalue weighted by Crippen LogP contribution is -2.57. The number of H-pyrrole nitrogens is 1. The quantitative estimate of drug-likeness (QED) is 0.362. The van der Waals surface area contributed by atoms with Crippen molar-refractivity contribution in [3.63, 3.8) is 0 Å². The number of aromatic amines is 1. The summed E-state index contributed by atoms with van der Waals surface area (Å²) in [6.45, 7) is 7.01. The van der Waals surface area contributed by atoms with Gasteiger partial charge in [-0.2, -0.15) is 0 Å². The molecule has 2 heterocycles. The number of nitrogens with zero attached hydrogens (tertiary/aromatic N) is 3. The number of amides is 2. The van der Waals surface area contributed by atoms with Gasteiger partial charge in [-0.1, -0.05) is 12.1 Å². The van der Waals surface area contributed by atoms with Gasteiger partial charge in [0.2, 0.25) is 5.78 Å². The van der Waals surface area contributed by atoms with Gasteiger partial charge in [-0.15, -0.1) is 0 Å². The van der Waals surface area contributed by atoms with Crippen LogP contribution >= 0.6 is 0 Å². The highest BCUT2D eigenvalue weighted by molar-refractivity contribution is 6.43. The molecule has 3 aromatic rings. The van der Waals surface area contributed by atoms with Crippen LogP contribution in [0.4, 0.5) is 4.39 Å². The maximum Gasteiger partial charge on any atom is 0.292 e. The smallest absolute Gasteiger partial charge is 0.292 e. The molecule has 1 fully saturated rings. The zero-order valence-corrected chi connectivity index (χ0v) is 21.8. The first-order valence-electron chi connectivity index (χ1n) is 12.5. The monoisotopic (exact) mass is 507 g/mol. The minimum Gasteiger partial charge on any atom is -0.360 e. The van der Waals surface area contributed by atoms with E-state index in [0.29, 0.717) is 43.7 Å². The molecule has 1 saturated heterocycles. The van der Waals surface area contributed by atoms with Crippen molar-refractivity contribution in [2.24, 2.45) is 0 Å². The molecule has 196 valence electrons. The van der Waals surface area contributed by atoms with Crippen LogP contribution in [0.3, 0.4) is 0 Å². The van der Waals surface area contributed by atoms with Gasteiger partial charge in [0.25, 0.3) is 11.8 Å². The van der Waals surface area contributed by atoms with Crippen molar-refractivity contribution in [3.8, 4) is 0 Å². The average molecular weight is 508 g/mol. The third-order valence-electron chi connectivity index (χ3n) is 6.90. The molecule has 0 aliphatic carbocycles. The van der Waals surface area contributed by atoms with Gasteiger partial charge in [0.15, 0.2) is 0 Å². The van der Waals surface area contributed by atoms with E-state index in [0.717, 1.165) is 11.1 Å². The number of hydrogen-bond donors (Lipinski definition) is 2. The fourth-order valence-corrected chi connectivity index (χ4v) is 4.72. The van der Waals surface area contributed by atoms with Gasteiger partial charge >= 0.3 is 0 Å². The van der Waals surface area contributed by atoms with E-state index in [1.807, 2.05) is 30.8 Å². The maximum atomic E-state index is 13.6. The normalized spacial score (nSPS) is 18.4. The number of likely N-dealkylation sites (N-methyl/N-ethyl adjacent to an activating group) is 1. The van der Waals surface area contributed by atoms with Crippen molar-refractivity contribution in [1.29, 1.82) is 0 Å². The molecule has 9 heteroatoms. The first kappa shape index (κ1) is 26.5. The second-order valence-electron chi connectivity index (χ2n) is 10.1. The zero-order valence-electron chi connectivity index (χ0n) is 21.8. The van der Waals surface area contributed by atoms with Crippen LogP contribution in [-0.4, -0.2) is 89.6 Å². The number of ketones is 1. The Balaban J connectivity index is 1.47. The van der Waals surface area contributed by atoms with Crippen LogP contribution in [0.25, 0.3) is 10.9 Å². The van der Waals surface area contributed by atoms with E-state index < -0.39 is 11.7 Å². The topological polar surface area (TPSA) is 88.8 Å². The Morgan fingerprint density at radius 3 is 2.49 bits per heavy atom. The van der Waals surface area contributed by atoms with Gasteiger partial charge in [-0.25, -0.2) is 4.39 Å². The molecule has 1 aromatic heterocycles. The summed E-state index contributed by atoms with van der Waals surface area (Å²) in [5, 5.41) is 3.26. The van der Waals surface area contributed by atoms with Crippen molar-refractivity contribution in [3.05, 3.63) is 71.2 Å². The number of carbonyl (C=O) groups is 3. The molecular weight excluding hydrogens is 473 g/mol. The summed E-state index contributed by atoms with van der Waals surface area (Å²) < 4.78 is 13.3. The Bertz CT molecular complexity index is 1290. The van der Waals surface area contributed by atoms with Crippen LogP contribution in [0.1, 0.15) is 40.1 Å². The third-order valence-corrected chi connectivity index (χ3v) is 6.90. The fraction of sp³-hybridized carbons (Fsp3) is 0.393. The third kappa shape index (κ3) is 6.06. The molecule has 4 rings (SSSR count). The Morgan fingerprint density at radius 1 is 1.05 bits per heavy atom. The van der Waals surface area contributed by atoms with Gasteiger partial charge in [0.05, 0.1) is 5.56 Å². The Hall–Kier alpha value is -3.56. The number of hydrogen-bond acceptors (Lipinski definition) is 5. The van der Waals surface area contributed by atoms with Gasteiger partial charge in [0.1, 0.15) is 5.82 Å². The van der Waals surface area contributed by atoms with Gasteiger partial charge in [-0.3, -0.25) is 19.3 Å². The molecule has 2 unspecified atom stereocenters. The van der Waals surface area contributed by atoms with Crippen molar-refractivity contribution in [2.75, 3.05) is 40.3 Å². The van der Waals surface area contributed by atoms with Crippen molar-refractivity contribution in [2.45, 2.75) is 32.5 Å². The first-order chi connectivity index (χ1) is 17.6. The molecule has 8 nitrogen and oxygen atoms in total. The zero-order chi connectivity index (χ0) is 26.7. The maximum absolute atomic E-state index is 13.6. The molecule has 1 aliphatic heterocycles. The molecule has 2 atom stereocenters. The van der Waals surface area contributed by atoms with E-state index in [1.165, 1.54) is 12.1 Å². The number of benzene rings is 2. The van der Waals surface area contributed by atoms with Gasteiger partial charge in [-0.05, 0) is 63.8 Å². The first-order valence-corrected chi connectivity index (χ1v) is 12.5. The number of fused-ring (bicyclic) bond motifs is 1. The van der Waals surface area contributed by atoms with E-state index in [4.69, 9.17) is 0 Å². The minimum absolute atomic E-state index is 0.0404. The second-order valence-corrected chi connectivity index (χ2v) is 10.1. The summed E-state index contributed by atoms with van der Waals surface area (Å²) in [4.78, 5) is 47.9. The Labute approximate surface area is 216 Å². The molecule has 0 saturated carbocycles. The second kappa shape index (κ2) is 11.2. The number of nitrogens with one attached hydrogen (secondary N) is 2. The predicted octanol–water partition coefficient (Wildman–Crippen LogP) is 2.90. The molecule has 37 heavy (non-hydrogen) atoms. The number of halogens is 1.